The van der Waals surface area contributed by atoms with Gasteiger partial charge in [-0.25, -0.2) is 13.4 Å². The molecule has 0 spiro atoms. The molecule has 3 heterocycles. The lowest BCUT2D eigenvalue weighted by Gasteiger charge is -2.34. The number of imidazole rings is 1. The summed E-state index contributed by atoms with van der Waals surface area (Å²) in [6.07, 6.45) is 6.72. The second-order valence-electron chi connectivity index (χ2n) is 8.26. The lowest BCUT2D eigenvalue weighted by Crippen LogP contribution is -2.48. The van der Waals surface area contributed by atoms with E-state index in [4.69, 9.17) is 16.3 Å². The van der Waals surface area contributed by atoms with Crippen molar-refractivity contribution in [3.8, 4) is 0 Å². The molecule has 4 rings (SSSR count). The number of amides is 1. The van der Waals surface area contributed by atoms with E-state index in [0.29, 0.717) is 24.7 Å². The summed E-state index contributed by atoms with van der Waals surface area (Å²) in [5, 5.41) is 0.113. The minimum Gasteiger partial charge on any atom is -0.373 e. The number of benzene rings is 1. The molecule has 1 aromatic heterocycles. The minimum absolute atomic E-state index is 0.0328. The number of rotatable bonds is 4. The SMILES string of the molecule is CC1CN(S(=O)(=O)c2cc(C(=O)N3CCC(n4ccnc4)CC3)ccc2Cl)CC(C)O1. The Morgan fingerprint density at radius 3 is 2.45 bits per heavy atom. The highest BCUT2D eigenvalue weighted by molar-refractivity contribution is 7.89. The van der Waals surface area contributed by atoms with Crippen molar-refractivity contribution in [2.75, 3.05) is 26.2 Å². The van der Waals surface area contributed by atoms with Crippen molar-refractivity contribution < 1.29 is 17.9 Å². The second kappa shape index (κ2) is 8.90. The Morgan fingerprint density at radius 1 is 1.16 bits per heavy atom. The first kappa shape index (κ1) is 22.3. The van der Waals surface area contributed by atoms with E-state index in [1.54, 1.807) is 23.5 Å². The smallest absolute Gasteiger partial charge is 0.253 e. The number of aromatic nitrogens is 2. The Balaban J connectivity index is 1.52. The van der Waals surface area contributed by atoms with Gasteiger partial charge in [0.25, 0.3) is 5.91 Å². The van der Waals surface area contributed by atoms with Crippen LogP contribution in [0.4, 0.5) is 0 Å². The Morgan fingerprint density at radius 2 is 1.84 bits per heavy atom. The summed E-state index contributed by atoms with van der Waals surface area (Å²) >= 11 is 6.27. The highest BCUT2D eigenvalue weighted by Crippen LogP contribution is 2.29. The fraction of sp³-hybridized carbons (Fsp3) is 0.524. The summed E-state index contributed by atoms with van der Waals surface area (Å²) in [4.78, 5) is 18.9. The predicted octanol–water partition coefficient (Wildman–Crippen LogP) is 2.81. The van der Waals surface area contributed by atoms with Crippen molar-refractivity contribution in [2.24, 2.45) is 0 Å². The molecule has 0 aliphatic carbocycles. The van der Waals surface area contributed by atoms with E-state index in [1.807, 2.05) is 20.0 Å². The van der Waals surface area contributed by atoms with Gasteiger partial charge in [0, 0.05) is 50.2 Å². The zero-order valence-corrected chi connectivity index (χ0v) is 19.2. The number of halogens is 1. The number of hydrogen-bond acceptors (Lipinski definition) is 5. The van der Waals surface area contributed by atoms with Gasteiger partial charge in [0.1, 0.15) is 4.90 Å². The van der Waals surface area contributed by atoms with Crippen LogP contribution in [-0.4, -0.2) is 71.5 Å². The third-order valence-electron chi connectivity index (χ3n) is 5.88. The number of nitrogens with zero attached hydrogens (tertiary/aromatic N) is 4. The lowest BCUT2D eigenvalue weighted by atomic mass is 10.0. The molecule has 8 nitrogen and oxygen atoms in total. The summed E-state index contributed by atoms with van der Waals surface area (Å²) in [5.74, 6) is -0.180. The Kier molecular flexibility index (Phi) is 6.39. The Labute approximate surface area is 187 Å². The van der Waals surface area contributed by atoms with Crippen molar-refractivity contribution in [1.82, 2.24) is 18.8 Å². The molecule has 2 aliphatic heterocycles. The van der Waals surface area contributed by atoms with Crippen molar-refractivity contribution in [3.05, 3.63) is 47.5 Å². The first-order valence-corrected chi connectivity index (χ1v) is 12.3. The summed E-state index contributed by atoms with van der Waals surface area (Å²) in [6, 6.07) is 4.81. The predicted molar refractivity (Wildman–Crippen MR) is 117 cm³/mol. The highest BCUT2D eigenvalue weighted by Gasteiger charge is 2.34. The fourth-order valence-electron chi connectivity index (χ4n) is 4.34. The molecule has 0 N–H and O–H groups in total. The molecular formula is C21H27ClN4O4S. The molecule has 1 amide bonds. The average Bonchev–Trinajstić information content (AvgIpc) is 3.28. The number of ether oxygens (including phenoxy) is 1. The zero-order chi connectivity index (χ0) is 22.2. The van der Waals surface area contributed by atoms with Crippen LogP contribution in [0.15, 0.2) is 41.8 Å². The number of likely N-dealkylation sites (tertiary alicyclic amines) is 1. The van der Waals surface area contributed by atoms with Crippen LogP contribution < -0.4 is 0 Å². The van der Waals surface area contributed by atoms with Crippen LogP contribution in [0.2, 0.25) is 5.02 Å². The van der Waals surface area contributed by atoms with Crippen LogP contribution in [-0.2, 0) is 14.8 Å². The number of hydrogen-bond donors (Lipinski definition) is 0. The van der Waals surface area contributed by atoms with Crippen molar-refractivity contribution in [3.63, 3.8) is 0 Å². The van der Waals surface area contributed by atoms with E-state index in [9.17, 15) is 13.2 Å². The number of carbonyl (C=O) groups excluding carboxylic acids is 1. The van der Waals surface area contributed by atoms with Crippen molar-refractivity contribution in [1.29, 1.82) is 0 Å². The van der Waals surface area contributed by atoms with E-state index in [-0.39, 0.29) is 41.1 Å². The monoisotopic (exact) mass is 466 g/mol. The Hall–Kier alpha value is -1.94. The molecule has 10 heteroatoms. The summed E-state index contributed by atoms with van der Waals surface area (Å²) in [5.41, 5.74) is 0.332. The molecule has 0 bridgehead atoms. The number of sulfonamides is 1. The molecule has 1 aromatic carbocycles. The molecule has 2 aliphatic rings. The minimum atomic E-state index is -3.84. The molecule has 2 atom stereocenters. The maximum atomic E-state index is 13.3. The van der Waals surface area contributed by atoms with Crippen LogP contribution in [0.1, 0.15) is 43.1 Å². The fourth-order valence-corrected chi connectivity index (χ4v) is 6.43. The van der Waals surface area contributed by atoms with Gasteiger partial charge in [0.2, 0.25) is 10.0 Å². The molecule has 2 saturated heterocycles. The van der Waals surface area contributed by atoms with E-state index < -0.39 is 10.0 Å². The topological polar surface area (TPSA) is 84.7 Å². The van der Waals surface area contributed by atoms with E-state index in [1.165, 1.54) is 16.4 Å². The average molecular weight is 467 g/mol. The number of carbonyl (C=O) groups is 1. The normalized spacial score (nSPS) is 23.8. The largest absolute Gasteiger partial charge is 0.373 e. The molecule has 2 aromatic rings. The van der Waals surface area contributed by atoms with Crippen LogP contribution in [0.5, 0.6) is 0 Å². The molecular weight excluding hydrogens is 440 g/mol. The summed E-state index contributed by atoms with van der Waals surface area (Å²) in [6.45, 7) is 5.39. The standard InChI is InChI=1S/C21H27ClN4O4S/c1-15-12-26(13-16(2)30-15)31(28,29)20-11-17(3-4-19(20)22)21(27)24-8-5-18(6-9-24)25-10-7-23-14-25/h3-4,7,10-11,14-16,18H,5-6,8-9,12-13H2,1-2H3. The molecule has 2 fully saturated rings. The van der Waals surface area contributed by atoms with Gasteiger partial charge in [-0.15, -0.1) is 0 Å². The third kappa shape index (κ3) is 4.64. The van der Waals surface area contributed by atoms with E-state index in [2.05, 4.69) is 9.55 Å². The van der Waals surface area contributed by atoms with Gasteiger partial charge in [-0.2, -0.15) is 4.31 Å². The number of morpholine rings is 1. The van der Waals surface area contributed by atoms with E-state index >= 15 is 0 Å². The van der Waals surface area contributed by atoms with Gasteiger partial charge in [0.05, 0.1) is 23.6 Å². The summed E-state index contributed by atoms with van der Waals surface area (Å²) < 4.78 is 35.7. The van der Waals surface area contributed by atoms with Gasteiger partial charge in [0.15, 0.2) is 0 Å². The quantitative estimate of drug-likeness (QED) is 0.691. The van der Waals surface area contributed by atoms with Gasteiger partial charge in [-0.1, -0.05) is 11.6 Å². The van der Waals surface area contributed by atoms with Crippen LogP contribution in [0, 0.1) is 0 Å². The molecule has 0 radical (unpaired) electrons. The van der Waals surface area contributed by atoms with Gasteiger partial charge in [-0.05, 0) is 44.9 Å². The first-order valence-electron chi connectivity index (χ1n) is 10.5. The van der Waals surface area contributed by atoms with Gasteiger partial charge >= 0.3 is 0 Å². The van der Waals surface area contributed by atoms with E-state index in [0.717, 1.165) is 12.8 Å². The maximum Gasteiger partial charge on any atom is 0.253 e. The number of piperidine rings is 1. The lowest BCUT2D eigenvalue weighted by molar-refractivity contribution is -0.0440. The van der Waals surface area contributed by atoms with Crippen LogP contribution >= 0.6 is 11.6 Å². The Bertz CT molecular complexity index is 1030. The van der Waals surface area contributed by atoms with Gasteiger partial charge in [-0.3, -0.25) is 4.79 Å². The highest BCUT2D eigenvalue weighted by atomic mass is 35.5. The van der Waals surface area contributed by atoms with Crippen LogP contribution in [0.25, 0.3) is 0 Å². The van der Waals surface area contributed by atoms with Crippen molar-refractivity contribution in [2.45, 2.75) is 49.8 Å². The molecule has 0 saturated carbocycles. The molecule has 168 valence electrons. The van der Waals surface area contributed by atoms with Crippen molar-refractivity contribution >= 4 is 27.5 Å². The third-order valence-corrected chi connectivity index (χ3v) is 8.19. The second-order valence-corrected chi connectivity index (χ2v) is 10.6. The zero-order valence-electron chi connectivity index (χ0n) is 17.6. The first-order chi connectivity index (χ1) is 14.8. The molecule has 2 unspecified atom stereocenters. The van der Waals surface area contributed by atoms with Crippen LogP contribution in [0.3, 0.4) is 0 Å². The molecule has 31 heavy (non-hydrogen) atoms. The van der Waals surface area contributed by atoms with Gasteiger partial charge < -0.3 is 14.2 Å². The summed E-state index contributed by atoms with van der Waals surface area (Å²) in [7, 11) is -3.84. The maximum absolute atomic E-state index is 13.3.